The quantitative estimate of drug-likeness (QED) is 0.101. The number of aliphatic carboxylic acids is 1. The first kappa shape index (κ1) is 48.1. The average Bonchev–Trinajstić information content (AvgIpc) is 3.19. The van der Waals surface area contributed by atoms with Crippen LogP contribution >= 0.6 is 0 Å². The summed E-state index contributed by atoms with van der Waals surface area (Å²) >= 11 is 0. The Kier molecular flexibility index (Phi) is 19.0. The van der Waals surface area contributed by atoms with E-state index in [-0.39, 0.29) is 59.8 Å². The molecule has 15 heteroatoms. The van der Waals surface area contributed by atoms with Crippen LogP contribution in [0.3, 0.4) is 0 Å². The van der Waals surface area contributed by atoms with Crippen molar-refractivity contribution < 1.29 is 54.0 Å². The van der Waals surface area contributed by atoms with Crippen LogP contribution in [-0.2, 0) is 40.0 Å². The number of rotatable bonds is 20. The van der Waals surface area contributed by atoms with Crippen LogP contribution in [0.1, 0.15) is 121 Å². The Morgan fingerprint density at radius 3 is 2.02 bits per heavy atom. The molecule has 3 rings (SSSR count). The van der Waals surface area contributed by atoms with Gasteiger partial charge in [0.25, 0.3) is 0 Å². The second kappa shape index (κ2) is 23.3. The molecule has 5 atom stereocenters. The van der Waals surface area contributed by atoms with Gasteiger partial charge in [-0.2, -0.15) is 0 Å². The summed E-state index contributed by atoms with van der Waals surface area (Å²) in [6.45, 7) is 4.41. The number of carbonyl (C=O) groups excluding carboxylic acids is 6. The summed E-state index contributed by atoms with van der Waals surface area (Å²) in [4.78, 5) is 94.3. The lowest BCUT2D eigenvalue weighted by Crippen LogP contribution is -2.53. The molecule has 0 saturated carbocycles. The molecule has 6 N–H and O–H groups in total. The van der Waals surface area contributed by atoms with Gasteiger partial charge in [0.1, 0.15) is 29.6 Å². The van der Waals surface area contributed by atoms with Gasteiger partial charge >= 0.3 is 5.97 Å². The Labute approximate surface area is 346 Å². The molecule has 15 nitrogen and oxygen atoms in total. The van der Waals surface area contributed by atoms with Crippen molar-refractivity contribution in [1.82, 2.24) is 20.4 Å². The number of amides is 4. The van der Waals surface area contributed by atoms with E-state index in [1.807, 2.05) is 0 Å². The zero-order valence-corrected chi connectivity index (χ0v) is 35.0. The highest BCUT2D eigenvalue weighted by atomic mass is 16.4. The number of unbranched alkanes of at least 4 members (excludes halogenated alkanes) is 8. The minimum absolute atomic E-state index is 0.110. The number of fused-ring (bicyclic) bond motifs is 5. The maximum absolute atomic E-state index is 14.0. The van der Waals surface area contributed by atoms with E-state index in [0.717, 1.165) is 24.2 Å². The number of aromatic hydroxyl groups is 2. The number of likely N-dealkylation sites (N-methyl/N-ethyl adjacent to an activating group) is 2. The second-order valence-corrected chi connectivity index (χ2v) is 15.7. The van der Waals surface area contributed by atoms with E-state index in [2.05, 4.69) is 17.6 Å². The SMILES string of the molecule is CCCCCCCCCCCC(=O)N(C)[C@H](CO)C(=O)N[C@H](C)C(=O)CCC(=O)N(C)[C@@H]1C(=O)C[C@@H](C)C(=O)N[C@H](C(=O)O)Cc2ccc(O)c(c2)-c2cc1ccc2O. The number of benzene rings is 2. The van der Waals surface area contributed by atoms with Crippen LogP contribution < -0.4 is 10.6 Å². The van der Waals surface area contributed by atoms with Gasteiger partial charge in [-0.05, 0) is 48.7 Å². The van der Waals surface area contributed by atoms with Crippen molar-refractivity contribution >= 4 is 41.2 Å². The third-order valence-corrected chi connectivity index (χ3v) is 11.0. The van der Waals surface area contributed by atoms with Gasteiger partial charge in [-0.15, -0.1) is 0 Å². The van der Waals surface area contributed by atoms with Gasteiger partial charge in [-0.3, -0.25) is 28.8 Å². The third-order valence-electron chi connectivity index (χ3n) is 11.0. The van der Waals surface area contributed by atoms with Crippen LogP contribution in [0.4, 0.5) is 0 Å². The molecule has 2 aromatic rings. The monoisotopic (exact) mass is 822 g/mol. The molecule has 0 spiro atoms. The Hall–Kier alpha value is -5.31. The Morgan fingerprint density at radius 1 is 0.814 bits per heavy atom. The lowest BCUT2D eigenvalue weighted by molar-refractivity contribution is -0.143. The number of nitrogens with zero attached hydrogens (tertiary/aromatic N) is 2. The number of carbonyl (C=O) groups is 7. The summed E-state index contributed by atoms with van der Waals surface area (Å²) in [6.07, 6.45) is 8.73. The van der Waals surface area contributed by atoms with Gasteiger partial charge < -0.3 is 40.9 Å². The molecular formula is C44H62N4O11. The second-order valence-electron chi connectivity index (χ2n) is 15.7. The number of Topliss-reactive ketones (excluding diaryl/α,β-unsaturated/α-hetero) is 2. The number of aliphatic hydroxyl groups excluding tert-OH is 1. The summed E-state index contributed by atoms with van der Waals surface area (Å²) < 4.78 is 0. The van der Waals surface area contributed by atoms with E-state index in [0.29, 0.717) is 12.0 Å². The highest BCUT2D eigenvalue weighted by Gasteiger charge is 2.34. The predicted molar refractivity (Wildman–Crippen MR) is 220 cm³/mol. The zero-order chi connectivity index (χ0) is 43.8. The number of phenols is 2. The number of ketones is 2. The topological polar surface area (TPSA) is 231 Å². The third kappa shape index (κ3) is 13.9. The highest BCUT2D eigenvalue weighted by molar-refractivity contribution is 5.96. The fourth-order valence-electron chi connectivity index (χ4n) is 7.22. The van der Waals surface area contributed by atoms with E-state index in [1.165, 1.54) is 101 Å². The van der Waals surface area contributed by atoms with Crippen LogP contribution in [-0.4, -0.2) is 110 Å². The molecule has 4 amide bonds. The molecule has 0 aromatic heterocycles. The standard InChI is InChI=1S/C44H62N4O11/c1-6-7-8-9-10-11-12-13-14-15-39(54)47(4)34(26-49)43(57)45-28(3)35(50)20-21-40(55)48(5)41-30-17-19-37(52)32(25-30)31-23-29(16-18-36(31)51)24-33(44(58)59)46-42(56)27(2)22-38(41)53/h16-19,23,25,27-28,33-34,41,49,51-52H,6-15,20-22,24,26H2,1-5H3,(H,45,57)(H,46,56)(H,58,59)/t27-,28-,33+,34-,41+/m1/s1. The van der Waals surface area contributed by atoms with Crippen LogP contribution in [0.15, 0.2) is 36.4 Å². The van der Waals surface area contributed by atoms with Gasteiger partial charge in [0.15, 0.2) is 11.6 Å². The maximum Gasteiger partial charge on any atom is 0.326 e. The average molecular weight is 823 g/mol. The first-order chi connectivity index (χ1) is 28.0. The van der Waals surface area contributed by atoms with Crippen molar-refractivity contribution in [2.75, 3.05) is 20.7 Å². The summed E-state index contributed by atoms with van der Waals surface area (Å²) in [7, 11) is 2.79. The summed E-state index contributed by atoms with van der Waals surface area (Å²) in [5.74, 6) is -6.26. The van der Waals surface area contributed by atoms with Gasteiger partial charge in [0.05, 0.1) is 12.6 Å². The molecule has 2 aromatic carbocycles. The van der Waals surface area contributed by atoms with Crippen LogP contribution in [0.25, 0.3) is 11.1 Å². The van der Waals surface area contributed by atoms with E-state index >= 15 is 0 Å². The largest absolute Gasteiger partial charge is 0.507 e. The molecule has 4 bridgehead atoms. The Balaban J connectivity index is 1.70. The molecule has 1 aliphatic rings. The molecule has 0 saturated heterocycles. The number of hydrogen-bond donors (Lipinski definition) is 6. The number of carboxylic acid groups (broad SMARTS) is 1. The number of nitrogens with one attached hydrogen (secondary N) is 2. The molecule has 1 heterocycles. The Bertz CT molecular complexity index is 1810. The zero-order valence-electron chi connectivity index (χ0n) is 35.0. The molecule has 0 radical (unpaired) electrons. The molecule has 0 unspecified atom stereocenters. The molecule has 0 aliphatic carbocycles. The van der Waals surface area contributed by atoms with Crippen molar-refractivity contribution in [2.45, 2.75) is 135 Å². The van der Waals surface area contributed by atoms with E-state index in [1.54, 1.807) is 0 Å². The van der Waals surface area contributed by atoms with Crippen LogP contribution in [0, 0.1) is 5.92 Å². The van der Waals surface area contributed by atoms with Gasteiger partial charge in [0.2, 0.25) is 23.6 Å². The molecular weight excluding hydrogens is 761 g/mol. The number of carboxylic acids is 1. The number of aliphatic hydroxyl groups is 1. The first-order valence-electron chi connectivity index (χ1n) is 20.7. The van der Waals surface area contributed by atoms with E-state index in [4.69, 9.17) is 0 Å². The van der Waals surface area contributed by atoms with Gasteiger partial charge in [-0.25, -0.2) is 4.79 Å². The molecule has 0 fully saturated rings. The van der Waals surface area contributed by atoms with Crippen molar-refractivity contribution in [3.05, 3.63) is 47.5 Å². The fraction of sp³-hybridized carbons (Fsp3) is 0.568. The molecule has 324 valence electrons. The summed E-state index contributed by atoms with van der Waals surface area (Å²) in [5, 5.41) is 46.5. The maximum atomic E-state index is 14.0. The number of phenolic OH excluding ortho intramolecular Hbond substituents is 2. The predicted octanol–water partition coefficient (Wildman–Crippen LogP) is 4.58. The summed E-state index contributed by atoms with van der Waals surface area (Å²) in [5.41, 5.74) is 0.919. The van der Waals surface area contributed by atoms with E-state index < -0.39 is 78.4 Å². The normalized spacial score (nSPS) is 17.8. The van der Waals surface area contributed by atoms with Crippen molar-refractivity contribution in [2.24, 2.45) is 5.92 Å². The summed E-state index contributed by atoms with van der Waals surface area (Å²) in [6, 6.07) is 3.48. The lowest BCUT2D eigenvalue weighted by atomic mass is 9.89. The van der Waals surface area contributed by atoms with Gasteiger partial charge in [-0.1, -0.05) is 77.3 Å². The number of hydrogen-bond acceptors (Lipinski definition) is 10. The van der Waals surface area contributed by atoms with E-state index in [9.17, 15) is 54.0 Å². The minimum Gasteiger partial charge on any atom is -0.507 e. The smallest absolute Gasteiger partial charge is 0.326 e. The fourth-order valence-corrected chi connectivity index (χ4v) is 7.22. The molecule has 1 aliphatic heterocycles. The first-order valence-corrected chi connectivity index (χ1v) is 20.7. The molecule has 59 heavy (non-hydrogen) atoms. The highest BCUT2D eigenvalue weighted by Crippen LogP contribution is 2.39. The van der Waals surface area contributed by atoms with Crippen molar-refractivity contribution in [3.8, 4) is 22.6 Å². The van der Waals surface area contributed by atoms with Gasteiger partial charge in [0, 0.05) is 63.2 Å². The van der Waals surface area contributed by atoms with Crippen LogP contribution in [0.2, 0.25) is 0 Å². The van der Waals surface area contributed by atoms with Crippen molar-refractivity contribution in [3.63, 3.8) is 0 Å². The van der Waals surface area contributed by atoms with Crippen molar-refractivity contribution in [1.29, 1.82) is 0 Å². The van der Waals surface area contributed by atoms with Crippen LogP contribution in [0.5, 0.6) is 11.5 Å². The minimum atomic E-state index is -1.36. The lowest BCUT2D eigenvalue weighted by Gasteiger charge is -2.30. The Morgan fingerprint density at radius 2 is 1.41 bits per heavy atom.